The summed E-state index contributed by atoms with van der Waals surface area (Å²) in [7, 11) is 0. The second kappa shape index (κ2) is 6.28. The minimum absolute atomic E-state index is 0.0320. The second-order valence-corrected chi connectivity index (χ2v) is 3.95. The Balaban J connectivity index is 2.59. The molecular weight excluding hydrogens is 202 g/mol. The average Bonchev–Trinajstić information content (AvgIpc) is 2.26. The number of amides is 1. The first-order valence-corrected chi connectivity index (χ1v) is 5.71. The summed E-state index contributed by atoms with van der Waals surface area (Å²) in [5.41, 5.74) is 1.56. The summed E-state index contributed by atoms with van der Waals surface area (Å²) in [6.45, 7) is 3.76. The van der Waals surface area contributed by atoms with Crippen LogP contribution in [0.25, 0.3) is 0 Å². The van der Waals surface area contributed by atoms with Crippen LogP contribution < -0.4 is 5.32 Å². The predicted molar refractivity (Wildman–Crippen MR) is 65.2 cm³/mol. The van der Waals surface area contributed by atoms with E-state index in [2.05, 4.69) is 12.2 Å². The van der Waals surface area contributed by atoms with Gasteiger partial charge in [0, 0.05) is 12.1 Å². The van der Waals surface area contributed by atoms with Crippen LogP contribution in [-0.2, 0) is 4.79 Å². The Bertz CT molecular complexity index is 348. The molecule has 88 valence electrons. The molecule has 3 heteroatoms. The molecule has 2 N–H and O–H groups in total. The number of anilines is 1. The van der Waals surface area contributed by atoms with E-state index in [0.29, 0.717) is 6.42 Å². The number of carbonyl (C=O) groups is 1. The molecule has 1 rings (SSSR count). The number of rotatable bonds is 5. The molecule has 0 heterocycles. The van der Waals surface area contributed by atoms with Gasteiger partial charge in [-0.1, -0.05) is 25.5 Å². The van der Waals surface area contributed by atoms with Gasteiger partial charge in [0.2, 0.25) is 5.91 Å². The molecule has 0 aliphatic carbocycles. The van der Waals surface area contributed by atoms with Crippen LogP contribution >= 0.6 is 0 Å². The molecule has 0 saturated carbocycles. The van der Waals surface area contributed by atoms with Crippen LogP contribution in [0.3, 0.4) is 0 Å². The minimum atomic E-state index is -0.507. The SMILES string of the molecule is CCCCC(=O)Nc1cccc([C@@H](C)O)c1. The molecule has 1 atom stereocenters. The standard InChI is InChI=1S/C13H19NO2/c1-3-4-8-13(16)14-12-7-5-6-11(9-12)10(2)15/h5-7,9-10,15H,3-4,8H2,1-2H3,(H,14,16)/t10-/m1/s1. The summed E-state index contributed by atoms with van der Waals surface area (Å²) < 4.78 is 0. The summed E-state index contributed by atoms with van der Waals surface area (Å²) in [5.74, 6) is 0.0320. The maximum Gasteiger partial charge on any atom is 0.224 e. The fraction of sp³-hybridized carbons (Fsp3) is 0.462. The Morgan fingerprint density at radius 3 is 2.88 bits per heavy atom. The van der Waals surface area contributed by atoms with Gasteiger partial charge in [-0.25, -0.2) is 0 Å². The van der Waals surface area contributed by atoms with Crippen molar-refractivity contribution in [3.8, 4) is 0 Å². The number of hydrogen-bond donors (Lipinski definition) is 2. The first-order valence-electron chi connectivity index (χ1n) is 5.71. The van der Waals surface area contributed by atoms with Crippen molar-refractivity contribution in [2.75, 3.05) is 5.32 Å². The molecule has 0 radical (unpaired) electrons. The molecule has 1 aromatic carbocycles. The number of unbranched alkanes of at least 4 members (excludes halogenated alkanes) is 1. The molecule has 1 aromatic rings. The van der Waals surface area contributed by atoms with E-state index in [9.17, 15) is 9.90 Å². The lowest BCUT2D eigenvalue weighted by Crippen LogP contribution is -2.11. The molecule has 0 bridgehead atoms. The minimum Gasteiger partial charge on any atom is -0.389 e. The van der Waals surface area contributed by atoms with Gasteiger partial charge in [0.15, 0.2) is 0 Å². The highest BCUT2D eigenvalue weighted by Crippen LogP contribution is 2.17. The zero-order valence-electron chi connectivity index (χ0n) is 9.86. The van der Waals surface area contributed by atoms with Gasteiger partial charge in [0.1, 0.15) is 0 Å². The third-order valence-corrected chi connectivity index (χ3v) is 2.41. The molecule has 0 aliphatic rings. The van der Waals surface area contributed by atoms with E-state index < -0.39 is 6.10 Å². The van der Waals surface area contributed by atoms with Crippen molar-refractivity contribution in [2.24, 2.45) is 0 Å². The number of hydrogen-bond acceptors (Lipinski definition) is 2. The number of carbonyl (C=O) groups excluding carboxylic acids is 1. The van der Waals surface area contributed by atoms with Crippen molar-refractivity contribution in [1.82, 2.24) is 0 Å². The fourth-order valence-corrected chi connectivity index (χ4v) is 1.44. The molecule has 16 heavy (non-hydrogen) atoms. The van der Waals surface area contributed by atoms with E-state index in [-0.39, 0.29) is 5.91 Å². The molecule has 0 aliphatic heterocycles. The molecule has 0 fully saturated rings. The van der Waals surface area contributed by atoms with Crippen LogP contribution in [0.15, 0.2) is 24.3 Å². The Morgan fingerprint density at radius 2 is 2.25 bits per heavy atom. The van der Waals surface area contributed by atoms with Crippen molar-refractivity contribution in [3.63, 3.8) is 0 Å². The van der Waals surface area contributed by atoms with Crippen LogP contribution in [0.5, 0.6) is 0 Å². The van der Waals surface area contributed by atoms with Crippen molar-refractivity contribution < 1.29 is 9.90 Å². The first-order chi connectivity index (χ1) is 7.63. The molecule has 0 unspecified atom stereocenters. The van der Waals surface area contributed by atoms with Crippen molar-refractivity contribution in [2.45, 2.75) is 39.2 Å². The van der Waals surface area contributed by atoms with E-state index in [1.54, 1.807) is 13.0 Å². The second-order valence-electron chi connectivity index (χ2n) is 3.95. The van der Waals surface area contributed by atoms with Gasteiger partial charge < -0.3 is 10.4 Å². The van der Waals surface area contributed by atoms with E-state index in [4.69, 9.17) is 0 Å². The Labute approximate surface area is 96.5 Å². The maximum atomic E-state index is 11.5. The first kappa shape index (κ1) is 12.7. The van der Waals surface area contributed by atoms with E-state index in [0.717, 1.165) is 24.1 Å². The Morgan fingerprint density at radius 1 is 1.50 bits per heavy atom. The normalized spacial score (nSPS) is 12.2. The summed E-state index contributed by atoms with van der Waals surface area (Å²) in [5, 5.41) is 12.2. The van der Waals surface area contributed by atoms with Crippen molar-refractivity contribution >= 4 is 11.6 Å². The van der Waals surface area contributed by atoms with Crippen LogP contribution in [0, 0.1) is 0 Å². The quantitative estimate of drug-likeness (QED) is 0.803. The van der Waals surface area contributed by atoms with Gasteiger partial charge in [-0.3, -0.25) is 4.79 Å². The predicted octanol–water partition coefficient (Wildman–Crippen LogP) is 2.87. The van der Waals surface area contributed by atoms with Gasteiger partial charge in [-0.15, -0.1) is 0 Å². The lowest BCUT2D eigenvalue weighted by molar-refractivity contribution is -0.116. The summed E-state index contributed by atoms with van der Waals surface area (Å²) in [6, 6.07) is 7.30. The third kappa shape index (κ3) is 4.03. The monoisotopic (exact) mass is 221 g/mol. The highest BCUT2D eigenvalue weighted by atomic mass is 16.3. The summed E-state index contributed by atoms with van der Waals surface area (Å²) in [6.07, 6.45) is 1.96. The van der Waals surface area contributed by atoms with Gasteiger partial charge in [-0.05, 0) is 31.0 Å². The maximum absolute atomic E-state index is 11.5. The van der Waals surface area contributed by atoms with Gasteiger partial charge in [0.25, 0.3) is 0 Å². The molecule has 0 spiro atoms. The molecule has 0 saturated heterocycles. The molecule has 3 nitrogen and oxygen atoms in total. The zero-order chi connectivity index (χ0) is 12.0. The van der Waals surface area contributed by atoms with Gasteiger partial charge in [-0.2, -0.15) is 0 Å². The third-order valence-electron chi connectivity index (χ3n) is 2.41. The Hall–Kier alpha value is -1.35. The average molecular weight is 221 g/mol. The lowest BCUT2D eigenvalue weighted by atomic mass is 10.1. The van der Waals surface area contributed by atoms with Crippen LogP contribution in [-0.4, -0.2) is 11.0 Å². The molecular formula is C13H19NO2. The zero-order valence-corrected chi connectivity index (χ0v) is 9.86. The number of aliphatic hydroxyl groups excluding tert-OH is 1. The van der Waals surface area contributed by atoms with Gasteiger partial charge in [0.05, 0.1) is 6.10 Å². The molecule has 0 aromatic heterocycles. The smallest absolute Gasteiger partial charge is 0.224 e. The molecule has 1 amide bonds. The highest BCUT2D eigenvalue weighted by molar-refractivity contribution is 5.90. The van der Waals surface area contributed by atoms with E-state index in [1.807, 2.05) is 18.2 Å². The van der Waals surface area contributed by atoms with E-state index >= 15 is 0 Å². The lowest BCUT2D eigenvalue weighted by Gasteiger charge is -2.08. The van der Waals surface area contributed by atoms with E-state index in [1.165, 1.54) is 0 Å². The van der Waals surface area contributed by atoms with Crippen LogP contribution in [0.1, 0.15) is 44.8 Å². The van der Waals surface area contributed by atoms with Crippen molar-refractivity contribution in [1.29, 1.82) is 0 Å². The summed E-state index contributed by atoms with van der Waals surface area (Å²) >= 11 is 0. The largest absolute Gasteiger partial charge is 0.389 e. The number of aliphatic hydroxyl groups is 1. The summed E-state index contributed by atoms with van der Waals surface area (Å²) in [4.78, 5) is 11.5. The number of benzene rings is 1. The van der Waals surface area contributed by atoms with Crippen molar-refractivity contribution in [3.05, 3.63) is 29.8 Å². The van der Waals surface area contributed by atoms with Crippen LogP contribution in [0.4, 0.5) is 5.69 Å². The Kier molecular flexibility index (Phi) is 4.99. The number of nitrogens with one attached hydrogen (secondary N) is 1. The highest BCUT2D eigenvalue weighted by Gasteiger charge is 2.04. The van der Waals surface area contributed by atoms with Crippen LogP contribution in [0.2, 0.25) is 0 Å². The fourth-order valence-electron chi connectivity index (χ4n) is 1.44. The topological polar surface area (TPSA) is 49.3 Å². The van der Waals surface area contributed by atoms with Gasteiger partial charge >= 0.3 is 0 Å².